The summed E-state index contributed by atoms with van der Waals surface area (Å²) in [5, 5.41) is 5.51. The molecule has 1 aliphatic heterocycles. The van der Waals surface area contributed by atoms with Crippen LogP contribution in [0.3, 0.4) is 0 Å². The van der Waals surface area contributed by atoms with Crippen molar-refractivity contribution in [1.82, 2.24) is 10.9 Å². The van der Waals surface area contributed by atoms with Crippen molar-refractivity contribution < 1.29 is 14.0 Å². The second-order valence-corrected chi connectivity index (χ2v) is 6.39. The zero-order valence-corrected chi connectivity index (χ0v) is 14.6. The molecule has 2 aromatic rings. The minimum absolute atomic E-state index is 0.0734. The first kappa shape index (κ1) is 18.0. The summed E-state index contributed by atoms with van der Waals surface area (Å²) >= 11 is 0. The predicted molar refractivity (Wildman–Crippen MR) is 97.9 cm³/mol. The van der Waals surface area contributed by atoms with E-state index in [0.717, 1.165) is 5.56 Å². The minimum Gasteiger partial charge on any atom is -0.326 e. The number of carbonyl (C=O) groups excluding carboxylic acids is 2. The van der Waals surface area contributed by atoms with Gasteiger partial charge in [0.1, 0.15) is 11.9 Å². The van der Waals surface area contributed by atoms with Crippen molar-refractivity contribution in [3.05, 3.63) is 59.4 Å². The molecule has 3 rings (SSSR count). The highest BCUT2D eigenvalue weighted by molar-refractivity contribution is 5.96. The van der Waals surface area contributed by atoms with E-state index in [1.54, 1.807) is 43.3 Å². The summed E-state index contributed by atoms with van der Waals surface area (Å²) < 4.78 is 13.4. The van der Waals surface area contributed by atoms with Crippen molar-refractivity contribution in [3.8, 4) is 0 Å². The Kier molecular flexibility index (Phi) is 5.29. The van der Waals surface area contributed by atoms with E-state index in [-0.39, 0.29) is 23.7 Å². The van der Waals surface area contributed by atoms with Crippen LogP contribution >= 0.6 is 0 Å². The number of nitrogens with one attached hydrogen (secondary N) is 4. The van der Waals surface area contributed by atoms with Gasteiger partial charge in [0.2, 0.25) is 11.8 Å². The van der Waals surface area contributed by atoms with Crippen LogP contribution in [0.1, 0.15) is 30.5 Å². The van der Waals surface area contributed by atoms with Gasteiger partial charge in [-0.05, 0) is 48.7 Å². The molecule has 0 spiro atoms. The number of hydrogen-bond donors (Lipinski definition) is 4. The number of halogens is 1. The van der Waals surface area contributed by atoms with Gasteiger partial charge in [0.05, 0.1) is 0 Å². The molecule has 1 saturated heterocycles. The number of aryl methyl sites for hydroxylation is 1. The number of rotatable bonds is 4. The Labute approximate surface area is 151 Å². The standard InChI is InChI=1S/C19H21FN4O2/c1-11-8-13(6-7-16(11)20)17-10-18(24-23-17)19(26)22-15-5-3-4-14(9-15)21-12(2)25/h3-9,17-18,23-24H,10H2,1-2H3,(H,21,25)(H,22,26). The van der Waals surface area contributed by atoms with Crippen LogP contribution in [0.4, 0.5) is 15.8 Å². The van der Waals surface area contributed by atoms with Crippen LogP contribution in [0.2, 0.25) is 0 Å². The van der Waals surface area contributed by atoms with Crippen LogP contribution in [-0.2, 0) is 9.59 Å². The first-order valence-corrected chi connectivity index (χ1v) is 8.38. The molecular weight excluding hydrogens is 335 g/mol. The van der Waals surface area contributed by atoms with Gasteiger partial charge in [0.15, 0.2) is 0 Å². The maximum absolute atomic E-state index is 13.4. The quantitative estimate of drug-likeness (QED) is 0.679. The summed E-state index contributed by atoms with van der Waals surface area (Å²) in [7, 11) is 0. The van der Waals surface area contributed by atoms with E-state index in [2.05, 4.69) is 21.5 Å². The van der Waals surface area contributed by atoms with Crippen LogP contribution in [0.15, 0.2) is 42.5 Å². The molecule has 0 aromatic heterocycles. The van der Waals surface area contributed by atoms with Gasteiger partial charge in [0.25, 0.3) is 0 Å². The molecule has 2 atom stereocenters. The zero-order valence-electron chi connectivity index (χ0n) is 14.6. The van der Waals surface area contributed by atoms with E-state index in [4.69, 9.17) is 0 Å². The first-order chi connectivity index (χ1) is 12.4. The number of amides is 2. The monoisotopic (exact) mass is 356 g/mol. The summed E-state index contributed by atoms with van der Waals surface area (Å²) in [6.07, 6.45) is 0.544. The van der Waals surface area contributed by atoms with Crippen LogP contribution in [-0.4, -0.2) is 17.9 Å². The molecule has 136 valence electrons. The van der Waals surface area contributed by atoms with Gasteiger partial charge < -0.3 is 10.6 Å². The minimum atomic E-state index is -0.421. The maximum Gasteiger partial charge on any atom is 0.242 e. The van der Waals surface area contributed by atoms with Crippen molar-refractivity contribution >= 4 is 23.2 Å². The van der Waals surface area contributed by atoms with Crippen molar-refractivity contribution in [3.63, 3.8) is 0 Å². The molecule has 2 aromatic carbocycles. The van der Waals surface area contributed by atoms with E-state index in [0.29, 0.717) is 23.4 Å². The lowest BCUT2D eigenvalue weighted by atomic mass is 10.00. The van der Waals surface area contributed by atoms with E-state index < -0.39 is 6.04 Å². The summed E-state index contributed by atoms with van der Waals surface area (Å²) in [6.45, 7) is 3.14. The van der Waals surface area contributed by atoms with E-state index >= 15 is 0 Å². The lowest BCUT2D eigenvalue weighted by Gasteiger charge is -2.12. The first-order valence-electron chi connectivity index (χ1n) is 8.38. The zero-order chi connectivity index (χ0) is 18.7. The molecule has 2 amide bonds. The Morgan fingerprint density at radius 2 is 1.81 bits per heavy atom. The molecular formula is C19H21FN4O2. The molecule has 26 heavy (non-hydrogen) atoms. The Bertz CT molecular complexity index is 840. The second kappa shape index (κ2) is 7.63. The third-order valence-electron chi connectivity index (χ3n) is 4.25. The molecule has 0 aliphatic carbocycles. The fourth-order valence-electron chi connectivity index (χ4n) is 2.94. The van der Waals surface area contributed by atoms with Gasteiger partial charge in [-0.2, -0.15) is 0 Å². The molecule has 7 heteroatoms. The van der Waals surface area contributed by atoms with Gasteiger partial charge in [-0.3, -0.25) is 9.59 Å². The maximum atomic E-state index is 13.4. The van der Waals surface area contributed by atoms with Gasteiger partial charge in [-0.1, -0.05) is 18.2 Å². The van der Waals surface area contributed by atoms with Crippen molar-refractivity contribution in [2.45, 2.75) is 32.4 Å². The summed E-state index contributed by atoms with van der Waals surface area (Å²) in [4.78, 5) is 23.6. The molecule has 0 bridgehead atoms. The summed E-state index contributed by atoms with van der Waals surface area (Å²) in [5.41, 5.74) is 8.79. The molecule has 1 heterocycles. The summed E-state index contributed by atoms with van der Waals surface area (Å²) in [6, 6.07) is 11.4. The molecule has 2 unspecified atom stereocenters. The Morgan fingerprint density at radius 3 is 2.50 bits per heavy atom. The van der Waals surface area contributed by atoms with Crippen LogP contribution in [0.25, 0.3) is 0 Å². The normalized spacial score (nSPS) is 19.2. The van der Waals surface area contributed by atoms with Crippen molar-refractivity contribution in [2.75, 3.05) is 10.6 Å². The van der Waals surface area contributed by atoms with Crippen molar-refractivity contribution in [1.29, 1.82) is 0 Å². The lowest BCUT2D eigenvalue weighted by Crippen LogP contribution is -2.39. The Balaban J connectivity index is 1.62. The number of benzene rings is 2. The molecule has 6 nitrogen and oxygen atoms in total. The fourth-order valence-corrected chi connectivity index (χ4v) is 2.94. The average molecular weight is 356 g/mol. The summed E-state index contributed by atoms with van der Waals surface area (Å²) in [5.74, 6) is -0.598. The second-order valence-electron chi connectivity index (χ2n) is 6.39. The van der Waals surface area contributed by atoms with Crippen LogP contribution < -0.4 is 21.5 Å². The third kappa shape index (κ3) is 4.25. The van der Waals surface area contributed by atoms with Crippen molar-refractivity contribution in [2.24, 2.45) is 0 Å². The highest BCUT2D eigenvalue weighted by Gasteiger charge is 2.30. The van der Waals surface area contributed by atoms with Gasteiger partial charge >= 0.3 is 0 Å². The molecule has 0 radical (unpaired) electrons. The Morgan fingerprint density at radius 1 is 1.08 bits per heavy atom. The van der Waals surface area contributed by atoms with E-state index in [1.165, 1.54) is 13.0 Å². The van der Waals surface area contributed by atoms with Gasteiger partial charge in [0, 0.05) is 24.3 Å². The number of hydrogen-bond acceptors (Lipinski definition) is 4. The van der Waals surface area contributed by atoms with E-state index in [1.807, 2.05) is 0 Å². The van der Waals surface area contributed by atoms with Crippen LogP contribution in [0, 0.1) is 12.7 Å². The highest BCUT2D eigenvalue weighted by atomic mass is 19.1. The molecule has 4 N–H and O–H groups in total. The topological polar surface area (TPSA) is 82.3 Å². The van der Waals surface area contributed by atoms with Crippen LogP contribution in [0.5, 0.6) is 0 Å². The van der Waals surface area contributed by atoms with E-state index in [9.17, 15) is 14.0 Å². The highest BCUT2D eigenvalue weighted by Crippen LogP contribution is 2.25. The number of hydrazine groups is 1. The number of anilines is 2. The smallest absolute Gasteiger partial charge is 0.242 e. The average Bonchev–Trinajstić information content (AvgIpc) is 3.07. The largest absolute Gasteiger partial charge is 0.326 e. The SMILES string of the molecule is CC(=O)Nc1cccc(NC(=O)C2CC(c3ccc(F)c(C)c3)NN2)c1. The predicted octanol–water partition coefficient (Wildman–Crippen LogP) is 2.64. The number of carbonyl (C=O) groups is 2. The van der Waals surface area contributed by atoms with Gasteiger partial charge in [-0.15, -0.1) is 0 Å². The molecule has 1 aliphatic rings. The molecule has 0 saturated carbocycles. The Hall–Kier alpha value is -2.77. The molecule has 1 fully saturated rings. The third-order valence-corrected chi connectivity index (χ3v) is 4.25. The lowest BCUT2D eigenvalue weighted by molar-refractivity contribution is -0.118. The van der Waals surface area contributed by atoms with Gasteiger partial charge in [-0.25, -0.2) is 15.2 Å². The fraction of sp³-hybridized carbons (Fsp3) is 0.263.